The molecule has 1 unspecified atom stereocenters. The van der Waals surface area contributed by atoms with E-state index in [2.05, 4.69) is 27.7 Å². The molecule has 21 atom stereocenters. The van der Waals surface area contributed by atoms with Crippen molar-refractivity contribution >= 4 is 0 Å². The predicted octanol–water partition coefficient (Wildman–Crippen LogP) is 0.0866. The summed E-state index contributed by atoms with van der Waals surface area (Å²) in [6.07, 6.45) is -7.77. The van der Waals surface area contributed by atoms with Crippen LogP contribution in [0.25, 0.3) is 0 Å². The maximum absolute atomic E-state index is 12.0. The Morgan fingerprint density at radius 1 is 0.684 bits per heavy atom. The Balaban J connectivity index is 0.969. The summed E-state index contributed by atoms with van der Waals surface area (Å²) < 4.78 is 30.4. The molecule has 0 bridgehead atoms. The standard InChI is InChI=1S/C42H70O15/c1-36(2)23-7-8-24-38(5)15-20(45)33(39(6)11-9-26(57-39)37(3,4)52)42(38,19-44)14-13-41(24)18-40(23,41)12-10-25(36)56-35-32(51)30(49)28(47)22(55-35)17-53-34-31(50)29(48)27(46)21(16-43)54-34/h20-35,43-52H,7-19H2,1-6H3/t20-,21+,22+,23-,24-,25-,26?,27+,28+,29-,30-,31+,32+,33+,34+,35-,38-,39-,40+,41-,42-/m0/s1. The van der Waals surface area contributed by atoms with E-state index >= 15 is 0 Å². The zero-order valence-corrected chi connectivity index (χ0v) is 34.4. The van der Waals surface area contributed by atoms with Crippen LogP contribution in [0.1, 0.15) is 106 Å². The smallest absolute Gasteiger partial charge is 0.186 e. The van der Waals surface area contributed by atoms with Crippen molar-refractivity contribution in [2.24, 2.45) is 44.8 Å². The highest BCUT2D eigenvalue weighted by Gasteiger charge is 2.84. The van der Waals surface area contributed by atoms with Crippen molar-refractivity contribution in [3.05, 3.63) is 0 Å². The average molecular weight is 815 g/mol. The summed E-state index contributed by atoms with van der Waals surface area (Å²) in [7, 11) is 0. The highest BCUT2D eigenvalue weighted by Crippen LogP contribution is 2.89. The summed E-state index contributed by atoms with van der Waals surface area (Å²) in [4.78, 5) is 0. The van der Waals surface area contributed by atoms with E-state index in [1.165, 1.54) is 0 Å². The first-order chi connectivity index (χ1) is 26.6. The molecule has 15 nitrogen and oxygen atoms in total. The van der Waals surface area contributed by atoms with Gasteiger partial charge in [-0.25, -0.2) is 0 Å². The van der Waals surface area contributed by atoms with E-state index in [4.69, 9.17) is 23.7 Å². The Bertz CT molecular complexity index is 1490. The molecular formula is C42H70O15. The van der Waals surface area contributed by atoms with Crippen LogP contribution in [0.5, 0.6) is 0 Å². The van der Waals surface area contributed by atoms with Gasteiger partial charge in [0, 0.05) is 17.9 Å². The van der Waals surface area contributed by atoms with E-state index in [1.54, 1.807) is 13.8 Å². The summed E-state index contributed by atoms with van der Waals surface area (Å²) in [6, 6.07) is 0. The average Bonchev–Trinajstić information content (AvgIpc) is 3.51. The molecule has 15 heteroatoms. The van der Waals surface area contributed by atoms with Gasteiger partial charge in [0.15, 0.2) is 12.6 Å². The molecule has 10 N–H and O–H groups in total. The zero-order chi connectivity index (χ0) is 41.5. The van der Waals surface area contributed by atoms with Gasteiger partial charge in [-0.05, 0) is 118 Å². The van der Waals surface area contributed by atoms with E-state index < -0.39 is 97.3 Å². The number of hydrogen-bond donors (Lipinski definition) is 10. The first kappa shape index (κ1) is 43.1. The highest BCUT2D eigenvalue weighted by atomic mass is 16.7. The second kappa shape index (κ2) is 14.2. The van der Waals surface area contributed by atoms with Crippen LogP contribution in [0, 0.1) is 44.8 Å². The number of aliphatic hydroxyl groups excluding tert-OH is 9. The first-order valence-corrected chi connectivity index (χ1v) is 21.5. The minimum absolute atomic E-state index is 0.0133. The van der Waals surface area contributed by atoms with Gasteiger partial charge in [0.25, 0.3) is 0 Å². The molecule has 0 radical (unpaired) electrons. The van der Waals surface area contributed by atoms with Crippen LogP contribution in [0.4, 0.5) is 0 Å². The van der Waals surface area contributed by atoms with Crippen LogP contribution in [0.3, 0.4) is 0 Å². The van der Waals surface area contributed by atoms with Crippen LogP contribution >= 0.6 is 0 Å². The van der Waals surface area contributed by atoms with Crippen molar-refractivity contribution in [2.45, 2.75) is 197 Å². The maximum atomic E-state index is 12.0. The zero-order valence-electron chi connectivity index (χ0n) is 34.4. The number of rotatable bonds is 9. The van der Waals surface area contributed by atoms with Gasteiger partial charge in [-0.2, -0.15) is 0 Å². The molecule has 0 amide bonds. The summed E-state index contributed by atoms with van der Waals surface area (Å²) in [5, 5.41) is 107. The Labute approximate surface area is 335 Å². The van der Waals surface area contributed by atoms with Crippen LogP contribution in [-0.2, 0) is 23.7 Å². The van der Waals surface area contributed by atoms with Crippen molar-refractivity contribution in [3.8, 4) is 0 Å². The molecule has 5 saturated carbocycles. The Hall–Kier alpha value is -0.600. The van der Waals surface area contributed by atoms with Gasteiger partial charge in [0.1, 0.15) is 48.8 Å². The van der Waals surface area contributed by atoms with Crippen LogP contribution < -0.4 is 0 Å². The van der Waals surface area contributed by atoms with Crippen molar-refractivity contribution in [1.29, 1.82) is 0 Å². The monoisotopic (exact) mass is 814 g/mol. The van der Waals surface area contributed by atoms with Crippen molar-refractivity contribution in [3.63, 3.8) is 0 Å². The third kappa shape index (κ3) is 6.06. The van der Waals surface area contributed by atoms with E-state index in [9.17, 15) is 51.1 Å². The third-order valence-electron chi connectivity index (χ3n) is 18.0. The Morgan fingerprint density at radius 2 is 1.30 bits per heavy atom. The Morgan fingerprint density at radius 3 is 1.93 bits per heavy atom. The number of hydrogen-bond acceptors (Lipinski definition) is 15. The van der Waals surface area contributed by atoms with E-state index in [-0.39, 0.29) is 52.3 Å². The normalized spacial score (nSPS) is 57.1. The SMILES string of the molecule is CC(C)(O)C1CC[C@@](C)([C@H]2[C@@H](O)C[C@@]3(C)[C@@H]4CC[C@H]5C(C)(C)[C@@H](O[C@@H]6O[C@H](CO[C@@H]7O[C@H](CO)[C@@H](O)[C@H](O)[C@H]7O)[C@@H](O)[C@H](O)[C@H]6O)CC[C@@]56C[C@@]46CC[C@]23CO)O1. The Kier molecular flexibility index (Phi) is 10.7. The fraction of sp³-hybridized carbons (Fsp3) is 1.00. The topological polar surface area (TPSA) is 248 Å². The lowest BCUT2D eigenvalue weighted by Crippen LogP contribution is -2.63. The summed E-state index contributed by atoms with van der Waals surface area (Å²) in [5.41, 5.74) is -2.71. The van der Waals surface area contributed by atoms with Gasteiger partial charge < -0.3 is 74.7 Å². The molecule has 0 aromatic carbocycles. The summed E-state index contributed by atoms with van der Waals surface area (Å²) >= 11 is 0. The van der Waals surface area contributed by atoms with E-state index in [1.807, 2.05) is 0 Å². The van der Waals surface area contributed by atoms with Crippen molar-refractivity contribution in [1.82, 2.24) is 0 Å². The van der Waals surface area contributed by atoms with E-state index in [0.29, 0.717) is 25.2 Å². The molecule has 0 aromatic heterocycles. The van der Waals surface area contributed by atoms with Crippen LogP contribution in [0.2, 0.25) is 0 Å². The molecule has 8 fully saturated rings. The molecule has 8 rings (SSSR count). The fourth-order valence-corrected chi connectivity index (χ4v) is 15.1. The molecule has 5 aliphatic carbocycles. The predicted molar refractivity (Wildman–Crippen MR) is 200 cm³/mol. The first-order valence-electron chi connectivity index (χ1n) is 21.5. The molecule has 0 aromatic rings. The van der Waals surface area contributed by atoms with Gasteiger partial charge >= 0.3 is 0 Å². The van der Waals surface area contributed by atoms with Gasteiger partial charge in [-0.1, -0.05) is 20.8 Å². The maximum Gasteiger partial charge on any atom is 0.186 e. The second-order valence-corrected chi connectivity index (χ2v) is 21.3. The van der Waals surface area contributed by atoms with Gasteiger partial charge in [0.05, 0.1) is 42.7 Å². The summed E-state index contributed by atoms with van der Waals surface area (Å²) in [6.45, 7) is 11.3. The fourth-order valence-electron chi connectivity index (χ4n) is 15.1. The molecule has 3 aliphatic heterocycles. The van der Waals surface area contributed by atoms with Gasteiger partial charge in [-0.15, -0.1) is 0 Å². The molecular weight excluding hydrogens is 744 g/mol. The van der Waals surface area contributed by atoms with Crippen LogP contribution in [-0.4, -0.2) is 162 Å². The number of fused-ring (bicyclic) bond motifs is 2. The van der Waals surface area contributed by atoms with Crippen LogP contribution in [0.15, 0.2) is 0 Å². The molecule has 3 heterocycles. The lowest BCUT2D eigenvalue weighted by molar-refractivity contribution is -0.343. The molecule has 2 spiro atoms. The second-order valence-electron chi connectivity index (χ2n) is 21.3. The minimum atomic E-state index is -1.66. The van der Waals surface area contributed by atoms with Gasteiger partial charge in [0.2, 0.25) is 0 Å². The minimum Gasteiger partial charge on any atom is -0.396 e. The molecule has 57 heavy (non-hydrogen) atoms. The number of ether oxygens (including phenoxy) is 5. The third-order valence-corrected chi connectivity index (χ3v) is 18.0. The number of aliphatic hydroxyl groups is 10. The van der Waals surface area contributed by atoms with E-state index in [0.717, 1.165) is 44.9 Å². The molecule has 328 valence electrons. The highest BCUT2D eigenvalue weighted by molar-refractivity contribution is 5.32. The quantitative estimate of drug-likeness (QED) is 0.139. The summed E-state index contributed by atoms with van der Waals surface area (Å²) in [5.74, 6) is 0.354. The molecule has 8 aliphatic rings. The molecule has 3 saturated heterocycles. The lowest BCUT2D eigenvalue weighted by atomic mass is 9.41. The van der Waals surface area contributed by atoms with Crippen molar-refractivity contribution in [2.75, 3.05) is 19.8 Å². The van der Waals surface area contributed by atoms with Crippen molar-refractivity contribution < 1.29 is 74.7 Å². The lowest BCUT2D eigenvalue weighted by Gasteiger charge is -2.64. The largest absolute Gasteiger partial charge is 0.396 e. The van der Waals surface area contributed by atoms with Gasteiger partial charge in [-0.3, -0.25) is 0 Å².